The van der Waals surface area contributed by atoms with Crippen LogP contribution in [0.1, 0.15) is 32.6 Å². The van der Waals surface area contributed by atoms with Crippen LogP contribution in [0.15, 0.2) is 0 Å². The van der Waals surface area contributed by atoms with Gasteiger partial charge in [-0.2, -0.15) is 0 Å². The molecule has 2 unspecified atom stereocenters. The summed E-state index contributed by atoms with van der Waals surface area (Å²) in [6, 6.07) is 1.61. The lowest BCUT2D eigenvalue weighted by Crippen LogP contribution is -2.48. The Kier molecular flexibility index (Phi) is 3.59. The van der Waals surface area contributed by atoms with Crippen LogP contribution in [0.3, 0.4) is 0 Å². The molecule has 0 saturated carbocycles. The van der Waals surface area contributed by atoms with Crippen LogP contribution in [-0.2, 0) is 9.53 Å². The number of hydrogen-bond acceptors (Lipinski definition) is 3. The standard InChI is InChI=1S/C11H20N2O2/c1-2-15-7-11(14)13-10-5-8-3-4-9(6-10)12-8/h8-10,12H,2-7H2,1H3,(H,13,14). The third-order valence-electron chi connectivity index (χ3n) is 3.28. The second kappa shape index (κ2) is 4.94. The van der Waals surface area contributed by atoms with Crippen LogP contribution in [0.2, 0.25) is 0 Å². The van der Waals surface area contributed by atoms with Crippen molar-refractivity contribution >= 4 is 5.91 Å². The molecule has 2 fully saturated rings. The quantitative estimate of drug-likeness (QED) is 0.710. The Hall–Kier alpha value is -0.610. The molecule has 4 nitrogen and oxygen atoms in total. The SMILES string of the molecule is CCOCC(=O)NC1CC2CCC(C1)N2. The molecule has 2 heterocycles. The molecule has 0 radical (unpaired) electrons. The van der Waals surface area contributed by atoms with Gasteiger partial charge in [0.15, 0.2) is 0 Å². The van der Waals surface area contributed by atoms with E-state index in [-0.39, 0.29) is 12.5 Å². The Bertz CT molecular complexity index is 221. The molecule has 0 aromatic rings. The fourth-order valence-electron chi connectivity index (χ4n) is 2.64. The van der Waals surface area contributed by atoms with Crippen molar-refractivity contribution in [3.63, 3.8) is 0 Å². The first kappa shape index (κ1) is 10.9. The molecule has 0 aliphatic carbocycles. The van der Waals surface area contributed by atoms with Gasteiger partial charge in [0.05, 0.1) is 0 Å². The average Bonchev–Trinajstić information content (AvgIpc) is 2.55. The summed E-state index contributed by atoms with van der Waals surface area (Å²) in [5.41, 5.74) is 0. The van der Waals surface area contributed by atoms with Gasteiger partial charge >= 0.3 is 0 Å². The van der Waals surface area contributed by atoms with Gasteiger partial charge in [0, 0.05) is 24.7 Å². The predicted molar refractivity (Wildman–Crippen MR) is 57.6 cm³/mol. The number of hydrogen-bond donors (Lipinski definition) is 2. The van der Waals surface area contributed by atoms with E-state index in [1.807, 2.05) is 6.92 Å². The van der Waals surface area contributed by atoms with Gasteiger partial charge in [-0.3, -0.25) is 4.79 Å². The van der Waals surface area contributed by atoms with E-state index in [0.717, 1.165) is 12.8 Å². The summed E-state index contributed by atoms with van der Waals surface area (Å²) in [5.74, 6) is 0.0307. The van der Waals surface area contributed by atoms with Crippen molar-refractivity contribution in [1.29, 1.82) is 0 Å². The van der Waals surface area contributed by atoms with Crippen molar-refractivity contribution in [3.8, 4) is 0 Å². The maximum atomic E-state index is 11.4. The highest BCUT2D eigenvalue weighted by atomic mass is 16.5. The molecular weight excluding hydrogens is 192 g/mol. The lowest BCUT2D eigenvalue weighted by molar-refractivity contribution is -0.126. The third kappa shape index (κ3) is 2.92. The first-order chi connectivity index (χ1) is 7.28. The summed E-state index contributed by atoms with van der Waals surface area (Å²) in [7, 11) is 0. The van der Waals surface area contributed by atoms with E-state index >= 15 is 0 Å². The highest BCUT2D eigenvalue weighted by Crippen LogP contribution is 2.26. The average molecular weight is 212 g/mol. The first-order valence-corrected chi connectivity index (χ1v) is 5.91. The van der Waals surface area contributed by atoms with Crippen LogP contribution >= 0.6 is 0 Å². The first-order valence-electron chi connectivity index (χ1n) is 5.91. The molecule has 2 atom stereocenters. The zero-order valence-electron chi connectivity index (χ0n) is 9.29. The van der Waals surface area contributed by atoms with Crippen molar-refractivity contribution < 1.29 is 9.53 Å². The van der Waals surface area contributed by atoms with Gasteiger partial charge in [0.2, 0.25) is 5.91 Å². The molecule has 2 aliphatic heterocycles. The van der Waals surface area contributed by atoms with Crippen molar-refractivity contribution in [2.24, 2.45) is 0 Å². The van der Waals surface area contributed by atoms with E-state index in [4.69, 9.17) is 4.74 Å². The minimum absolute atomic E-state index is 0.0307. The fourth-order valence-corrected chi connectivity index (χ4v) is 2.64. The number of carbonyl (C=O) groups excluding carboxylic acids is 1. The Morgan fingerprint density at radius 2 is 2.07 bits per heavy atom. The Morgan fingerprint density at radius 1 is 1.40 bits per heavy atom. The summed E-state index contributed by atoms with van der Waals surface area (Å²) in [5, 5.41) is 6.60. The topological polar surface area (TPSA) is 50.4 Å². The predicted octanol–water partition coefficient (Wildman–Crippen LogP) is 0.422. The summed E-state index contributed by atoms with van der Waals surface area (Å²) in [6.07, 6.45) is 4.69. The Labute approximate surface area is 90.8 Å². The normalized spacial score (nSPS) is 34.1. The van der Waals surface area contributed by atoms with E-state index < -0.39 is 0 Å². The zero-order valence-corrected chi connectivity index (χ0v) is 9.29. The van der Waals surface area contributed by atoms with Crippen LogP contribution in [0.5, 0.6) is 0 Å². The number of rotatable bonds is 4. The summed E-state index contributed by atoms with van der Waals surface area (Å²) >= 11 is 0. The maximum absolute atomic E-state index is 11.4. The molecule has 0 aromatic heterocycles. The monoisotopic (exact) mass is 212 g/mol. The molecule has 15 heavy (non-hydrogen) atoms. The van der Waals surface area contributed by atoms with Crippen molar-refractivity contribution in [2.45, 2.75) is 50.7 Å². The molecule has 2 saturated heterocycles. The van der Waals surface area contributed by atoms with E-state index in [1.165, 1.54) is 12.8 Å². The Balaban J connectivity index is 1.73. The molecular formula is C11H20N2O2. The summed E-state index contributed by atoms with van der Waals surface area (Å²) in [6.45, 7) is 2.71. The summed E-state index contributed by atoms with van der Waals surface area (Å²) < 4.78 is 5.08. The van der Waals surface area contributed by atoms with Crippen LogP contribution in [0.4, 0.5) is 0 Å². The highest BCUT2D eigenvalue weighted by Gasteiger charge is 2.33. The van der Waals surface area contributed by atoms with Gasteiger partial charge < -0.3 is 15.4 Å². The molecule has 0 spiro atoms. The van der Waals surface area contributed by atoms with Crippen LogP contribution in [0, 0.1) is 0 Å². The Morgan fingerprint density at radius 3 is 2.67 bits per heavy atom. The molecule has 2 rings (SSSR count). The second-order valence-corrected chi connectivity index (χ2v) is 4.51. The van der Waals surface area contributed by atoms with E-state index in [9.17, 15) is 4.79 Å². The number of carbonyl (C=O) groups is 1. The second-order valence-electron chi connectivity index (χ2n) is 4.51. The van der Waals surface area contributed by atoms with Gasteiger partial charge in [-0.1, -0.05) is 0 Å². The van der Waals surface area contributed by atoms with E-state index in [1.54, 1.807) is 0 Å². The van der Waals surface area contributed by atoms with Gasteiger partial charge in [-0.05, 0) is 32.6 Å². The van der Waals surface area contributed by atoms with Gasteiger partial charge in [0.1, 0.15) is 6.61 Å². The fraction of sp³-hybridized carbons (Fsp3) is 0.909. The number of fused-ring (bicyclic) bond motifs is 2. The van der Waals surface area contributed by atoms with Crippen molar-refractivity contribution in [2.75, 3.05) is 13.2 Å². The number of piperidine rings is 1. The van der Waals surface area contributed by atoms with Gasteiger partial charge in [-0.25, -0.2) is 0 Å². The molecule has 2 aliphatic rings. The third-order valence-corrected chi connectivity index (χ3v) is 3.28. The largest absolute Gasteiger partial charge is 0.372 e. The number of nitrogens with one attached hydrogen (secondary N) is 2. The highest BCUT2D eigenvalue weighted by molar-refractivity contribution is 5.77. The number of ether oxygens (including phenoxy) is 1. The minimum atomic E-state index is 0.0307. The number of amides is 1. The van der Waals surface area contributed by atoms with Gasteiger partial charge in [0.25, 0.3) is 0 Å². The lowest BCUT2D eigenvalue weighted by Gasteiger charge is -2.29. The van der Waals surface area contributed by atoms with E-state index in [0.29, 0.717) is 24.7 Å². The minimum Gasteiger partial charge on any atom is -0.372 e. The maximum Gasteiger partial charge on any atom is 0.246 e. The molecule has 0 aromatic carbocycles. The lowest BCUT2D eigenvalue weighted by atomic mass is 10.00. The van der Waals surface area contributed by atoms with Crippen molar-refractivity contribution in [1.82, 2.24) is 10.6 Å². The zero-order chi connectivity index (χ0) is 10.7. The molecule has 4 heteroatoms. The van der Waals surface area contributed by atoms with E-state index in [2.05, 4.69) is 10.6 Å². The van der Waals surface area contributed by atoms with Crippen LogP contribution in [0.25, 0.3) is 0 Å². The van der Waals surface area contributed by atoms with Crippen LogP contribution < -0.4 is 10.6 Å². The molecule has 1 amide bonds. The molecule has 86 valence electrons. The summed E-state index contributed by atoms with van der Waals surface area (Å²) in [4.78, 5) is 11.4. The molecule has 2 bridgehead atoms. The smallest absolute Gasteiger partial charge is 0.246 e. The van der Waals surface area contributed by atoms with Gasteiger partial charge in [-0.15, -0.1) is 0 Å². The molecule has 2 N–H and O–H groups in total. The van der Waals surface area contributed by atoms with Crippen LogP contribution in [-0.4, -0.2) is 37.2 Å². The van der Waals surface area contributed by atoms with Crippen molar-refractivity contribution in [3.05, 3.63) is 0 Å².